The SMILES string of the molecule is CCC(=O)N1CSC[C@@H]1C(=O)NC[C@H](c1ccsc1)N(C)C. The number of likely N-dealkylation sites (N-methyl/N-ethyl adjacent to an activating group) is 1. The molecule has 0 saturated carbocycles. The predicted octanol–water partition coefficient (Wildman–Crippen LogP) is 1.78. The first-order chi connectivity index (χ1) is 10.5. The molecule has 2 atom stereocenters. The van der Waals surface area contributed by atoms with Crippen LogP contribution in [0.2, 0.25) is 0 Å². The Morgan fingerprint density at radius 1 is 1.50 bits per heavy atom. The van der Waals surface area contributed by atoms with Gasteiger partial charge in [-0.05, 0) is 36.5 Å². The van der Waals surface area contributed by atoms with Crippen molar-refractivity contribution < 1.29 is 9.59 Å². The lowest BCUT2D eigenvalue weighted by Gasteiger charge is -2.26. The molecule has 1 N–H and O–H groups in total. The highest BCUT2D eigenvalue weighted by Gasteiger charge is 2.34. The van der Waals surface area contributed by atoms with Crippen molar-refractivity contribution in [3.63, 3.8) is 0 Å². The first-order valence-corrected chi connectivity index (χ1v) is 9.47. The third-order valence-electron chi connectivity index (χ3n) is 3.83. The molecule has 1 fully saturated rings. The van der Waals surface area contributed by atoms with E-state index in [1.165, 1.54) is 5.56 Å². The molecule has 1 saturated heterocycles. The number of hydrogen-bond acceptors (Lipinski definition) is 5. The minimum absolute atomic E-state index is 0.0473. The maximum Gasteiger partial charge on any atom is 0.243 e. The summed E-state index contributed by atoms with van der Waals surface area (Å²) < 4.78 is 0. The molecule has 0 bridgehead atoms. The van der Waals surface area contributed by atoms with E-state index in [1.54, 1.807) is 28.0 Å². The van der Waals surface area contributed by atoms with E-state index < -0.39 is 0 Å². The average Bonchev–Trinajstić information content (AvgIpc) is 3.17. The average molecular weight is 342 g/mol. The van der Waals surface area contributed by atoms with Crippen LogP contribution < -0.4 is 5.32 Å². The van der Waals surface area contributed by atoms with Gasteiger partial charge in [0.25, 0.3) is 0 Å². The van der Waals surface area contributed by atoms with E-state index in [1.807, 2.05) is 26.4 Å². The Hall–Kier alpha value is -1.05. The molecule has 22 heavy (non-hydrogen) atoms. The fourth-order valence-corrected chi connectivity index (χ4v) is 4.37. The summed E-state index contributed by atoms with van der Waals surface area (Å²) in [5, 5.41) is 7.17. The molecule has 2 amide bonds. The second-order valence-corrected chi connectivity index (χ2v) is 7.29. The molecule has 2 rings (SSSR count). The third-order valence-corrected chi connectivity index (χ3v) is 5.54. The summed E-state index contributed by atoms with van der Waals surface area (Å²) in [6, 6.07) is 1.90. The Bertz CT molecular complexity index is 505. The smallest absolute Gasteiger partial charge is 0.243 e. The van der Waals surface area contributed by atoms with E-state index in [9.17, 15) is 9.59 Å². The number of amides is 2. The molecule has 1 aliphatic heterocycles. The van der Waals surface area contributed by atoms with Gasteiger partial charge in [0.1, 0.15) is 6.04 Å². The largest absolute Gasteiger partial charge is 0.352 e. The monoisotopic (exact) mass is 341 g/mol. The van der Waals surface area contributed by atoms with Crippen LogP contribution in [0.3, 0.4) is 0 Å². The summed E-state index contributed by atoms with van der Waals surface area (Å²) in [6.45, 7) is 2.39. The number of nitrogens with one attached hydrogen (secondary N) is 1. The normalized spacial score (nSPS) is 19.5. The molecule has 0 unspecified atom stereocenters. The van der Waals surface area contributed by atoms with Gasteiger partial charge < -0.3 is 15.1 Å². The molecule has 122 valence electrons. The van der Waals surface area contributed by atoms with Gasteiger partial charge in [0, 0.05) is 18.7 Å². The zero-order valence-corrected chi connectivity index (χ0v) is 14.9. The van der Waals surface area contributed by atoms with Gasteiger partial charge in [0.2, 0.25) is 11.8 Å². The quantitative estimate of drug-likeness (QED) is 0.857. The van der Waals surface area contributed by atoms with Gasteiger partial charge in [-0.1, -0.05) is 6.92 Å². The molecule has 0 spiro atoms. The second kappa shape index (κ2) is 7.99. The Morgan fingerprint density at radius 3 is 2.86 bits per heavy atom. The lowest BCUT2D eigenvalue weighted by molar-refractivity contribution is -0.137. The van der Waals surface area contributed by atoms with Crippen molar-refractivity contribution in [1.29, 1.82) is 0 Å². The number of thioether (sulfide) groups is 1. The molecule has 1 aromatic rings. The van der Waals surface area contributed by atoms with Gasteiger partial charge in [0.05, 0.1) is 11.9 Å². The molecule has 0 aliphatic carbocycles. The van der Waals surface area contributed by atoms with Crippen LogP contribution >= 0.6 is 23.1 Å². The molecular formula is C15H23N3O2S2. The fraction of sp³-hybridized carbons (Fsp3) is 0.600. The first kappa shape index (κ1) is 17.3. The highest BCUT2D eigenvalue weighted by Crippen LogP contribution is 2.23. The van der Waals surface area contributed by atoms with Crippen molar-refractivity contribution in [1.82, 2.24) is 15.1 Å². The van der Waals surface area contributed by atoms with Gasteiger partial charge >= 0.3 is 0 Å². The summed E-state index contributed by atoms with van der Waals surface area (Å²) in [6.07, 6.45) is 0.444. The summed E-state index contributed by atoms with van der Waals surface area (Å²) >= 11 is 3.29. The standard InChI is InChI=1S/C15H23N3O2S2/c1-4-14(19)18-10-22-9-13(18)15(20)16-7-12(17(2)3)11-5-6-21-8-11/h5-6,8,12-13H,4,7,9-10H2,1-3H3,(H,16,20)/t12-,13-/m1/s1. The van der Waals surface area contributed by atoms with Crippen LogP contribution in [0.25, 0.3) is 0 Å². The molecular weight excluding hydrogens is 318 g/mol. The van der Waals surface area contributed by atoms with E-state index in [-0.39, 0.29) is 23.9 Å². The van der Waals surface area contributed by atoms with Gasteiger partial charge in [-0.15, -0.1) is 11.8 Å². The third kappa shape index (κ3) is 4.02. The maximum absolute atomic E-state index is 12.4. The van der Waals surface area contributed by atoms with Gasteiger partial charge in [0.15, 0.2) is 0 Å². The number of hydrogen-bond donors (Lipinski definition) is 1. The number of carbonyl (C=O) groups excluding carboxylic acids is 2. The van der Waals surface area contributed by atoms with E-state index in [0.717, 1.165) is 0 Å². The summed E-state index contributed by atoms with van der Waals surface area (Å²) in [5.74, 6) is 1.30. The van der Waals surface area contributed by atoms with Gasteiger partial charge in [-0.25, -0.2) is 0 Å². The topological polar surface area (TPSA) is 52.7 Å². The minimum Gasteiger partial charge on any atom is -0.352 e. The van der Waals surface area contributed by atoms with Crippen LogP contribution in [0.1, 0.15) is 24.9 Å². The van der Waals surface area contributed by atoms with Crippen molar-refractivity contribution in [3.05, 3.63) is 22.4 Å². The Morgan fingerprint density at radius 2 is 2.27 bits per heavy atom. The van der Waals surface area contributed by atoms with Crippen LogP contribution in [0.5, 0.6) is 0 Å². The van der Waals surface area contributed by atoms with Crippen molar-refractivity contribution in [3.8, 4) is 0 Å². The van der Waals surface area contributed by atoms with Crippen molar-refractivity contribution in [2.75, 3.05) is 32.3 Å². The molecule has 1 aromatic heterocycles. The molecule has 0 radical (unpaired) electrons. The highest BCUT2D eigenvalue weighted by molar-refractivity contribution is 7.99. The number of rotatable bonds is 6. The van der Waals surface area contributed by atoms with Crippen molar-refractivity contribution >= 4 is 34.9 Å². The van der Waals surface area contributed by atoms with Gasteiger partial charge in [-0.3, -0.25) is 9.59 Å². The van der Waals surface area contributed by atoms with E-state index in [0.29, 0.717) is 24.6 Å². The zero-order chi connectivity index (χ0) is 16.1. The maximum atomic E-state index is 12.4. The molecule has 0 aromatic carbocycles. The number of nitrogens with zero attached hydrogens (tertiary/aromatic N) is 2. The molecule has 2 heterocycles. The van der Waals surface area contributed by atoms with Crippen molar-refractivity contribution in [2.24, 2.45) is 0 Å². The van der Waals surface area contributed by atoms with Crippen LogP contribution in [0.15, 0.2) is 16.8 Å². The van der Waals surface area contributed by atoms with E-state index >= 15 is 0 Å². The van der Waals surface area contributed by atoms with Crippen LogP contribution in [-0.2, 0) is 9.59 Å². The molecule has 7 heteroatoms. The van der Waals surface area contributed by atoms with Crippen LogP contribution in [-0.4, -0.2) is 59.9 Å². The van der Waals surface area contributed by atoms with E-state index in [4.69, 9.17) is 0 Å². The Labute approximate surface area is 140 Å². The summed E-state index contributed by atoms with van der Waals surface area (Å²) in [5.41, 5.74) is 1.21. The van der Waals surface area contributed by atoms with E-state index in [2.05, 4.69) is 21.7 Å². The highest BCUT2D eigenvalue weighted by atomic mass is 32.2. The zero-order valence-electron chi connectivity index (χ0n) is 13.2. The first-order valence-electron chi connectivity index (χ1n) is 7.38. The number of thiophene rings is 1. The summed E-state index contributed by atoms with van der Waals surface area (Å²) in [7, 11) is 4.01. The lowest BCUT2D eigenvalue weighted by atomic mass is 10.1. The summed E-state index contributed by atoms with van der Waals surface area (Å²) in [4.78, 5) is 28.1. The molecule has 5 nitrogen and oxygen atoms in total. The Kier molecular flexibility index (Phi) is 6.28. The fourth-order valence-electron chi connectivity index (χ4n) is 2.49. The number of carbonyl (C=O) groups is 2. The predicted molar refractivity (Wildman–Crippen MR) is 92.0 cm³/mol. The lowest BCUT2D eigenvalue weighted by Crippen LogP contribution is -2.48. The van der Waals surface area contributed by atoms with Crippen LogP contribution in [0.4, 0.5) is 0 Å². The second-order valence-electron chi connectivity index (χ2n) is 5.51. The van der Waals surface area contributed by atoms with Gasteiger partial charge in [-0.2, -0.15) is 11.3 Å². The van der Waals surface area contributed by atoms with Crippen molar-refractivity contribution in [2.45, 2.75) is 25.4 Å². The Balaban J connectivity index is 1.95. The minimum atomic E-state index is -0.331. The van der Waals surface area contributed by atoms with Crippen LogP contribution in [0, 0.1) is 0 Å². The molecule has 1 aliphatic rings.